The Morgan fingerprint density at radius 1 is 1.24 bits per heavy atom. The minimum atomic E-state index is -3.22. The van der Waals surface area contributed by atoms with Crippen LogP contribution in [0.4, 0.5) is 18.9 Å². The van der Waals surface area contributed by atoms with Gasteiger partial charge in [0.2, 0.25) is 17.6 Å². The third-order valence-electron chi connectivity index (χ3n) is 7.19. The molecule has 2 aromatic rings. The molecule has 9 nitrogen and oxygen atoms in total. The van der Waals surface area contributed by atoms with Crippen LogP contribution in [0.25, 0.3) is 11.1 Å². The Morgan fingerprint density at radius 3 is 2.49 bits per heavy atom. The molecule has 0 aliphatic carbocycles. The minimum Gasteiger partial charge on any atom is -0.368 e. The van der Waals surface area contributed by atoms with E-state index in [0.717, 1.165) is 17.2 Å². The van der Waals surface area contributed by atoms with Crippen LogP contribution in [0.15, 0.2) is 36.3 Å². The Morgan fingerprint density at radius 2 is 1.92 bits per heavy atom. The van der Waals surface area contributed by atoms with E-state index in [1.807, 2.05) is 14.0 Å². The van der Waals surface area contributed by atoms with E-state index < -0.39 is 41.5 Å². The Labute approximate surface area is 212 Å². The number of amides is 2. The van der Waals surface area contributed by atoms with Gasteiger partial charge in [0.25, 0.3) is 6.43 Å². The van der Waals surface area contributed by atoms with Gasteiger partial charge in [-0.15, -0.1) is 0 Å². The summed E-state index contributed by atoms with van der Waals surface area (Å²) in [4.78, 5) is 37.9. The van der Waals surface area contributed by atoms with Gasteiger partial charge in [-0.25, -0.2) is 23.1 Å². The van der Waals surface area contributed by atoms with E-state index in [9.17, 15) is 9.59 Å². The number of piperazine rings is 1. The van der Waals surface area contributed by atoms with E-state index in [1.165, 1.54) is 25.5 Å². The molecule has 0 bridgehead atoms. The first kappa shape index (κ1) is 26.1. The molecule has 1 aromatic heterocycles. The molecule has 2 amide bonds. The first-order valence-corrected chi connectivity index (χ1v) is 11.6. The number of benzene rings is 1. The fraction of sp³-hybridized carbons (Fsp3) is 0.400. The zero-order valence-electron chi connectivity index (χ0n) is 20.6. The minimum absolute atomic E-state index is 0.0315. The van der Waals surface area contributed by atoms with Crippen molar-refractivity contribution in [3.05, 3.63) is 53.5 Å². The lowest BCUT2D eigenvalue weighted by atomic mass is 9.68. The third kappa shape index (κ3) is 4.51. The molecule has 12 heteroatoms. The highest BCUT2D eigenvalue weighted by Gasteiger charge is 2.53. The summed E-state index contributed by atoms with van der Waals surface area (Å²) in [7, 11) is 3.29. The zero-order valence-corrected chi connectivity index (χ0v) is 20.6. The van der Waals surface area contributed by atoms with E-state index in [2.05, 4.69) is 14.9 Å². The molecule has 4 rings (SSSR count). The van der Waals surface area contributed by atoms with Gasteiger partial charge in [0.15, 0.2) is 0 Å². The van der Waals surface area contributed by atoms with Gasteiger partial charge in [-0.1, -0.05) is 0 Å². The number of nitrogens with zero attached hydrogens (tertiary/aromatic N) is 6. The number of nitrogens with two attached hydrogens (primary N) is 1. The lowest BCUT2D eigenvalue weighted by Gasteiger charge is -2.44. The molecule has 194 valence electrons. The van der Waals surface area contributed by atoms with Crippen LogP contribution in [-0.2, 0) is 15.0 Å². The van der Waals surface area contributed by atoms with Crippen molar-refractivity contribution < 1.29 is 22.8 Å². The molecule has 2 aliphatic heterocycles. The molecule has 37 heavy (non-hydrogen) atoms. The number of carbonyl (C=O) groups is 2. The van der Waals surface area contributed by atoms with E-state index in [4.69, 9.17) is 11.0 Å². The average Bonchev–Trinajstić information content (AvgIpc) is 2.86. The molecule has 2 aliphatic rings. The standard InChI is InChI=1S/C25H26F3N7O2/c1-14-12-35(5-4-33(14)2)20-7-19(26)16(15-10-31-21(9-29)32-11-15)6-17(20)25(24(27)28)8-22(36)34(3)13-18(25)23(30)37/h6-7,10-11,13-14,24H,4-5,8,12H2,1-3H3,(H2,30,37)/t14-,25?/m1/s1. The molecule has 1 aromatic carbocycles. The van der Waals surface area contributed by atoms with Crippen molar-refractivity contribution in [3.8, 4) is 17.2 Å². The quantitative estimate of drug-likeness (QED) is 0.650. The van der Waals surface area contributed by atoms with Crippen LogP contribution in [0.1, 0.15) is 24.7 Å². The Hall–Kier alpha value is -3.98. The molecule has 0 saturated carbocycles. The van der Waals surface area contributed by atoms with Crippen molar-refractivity contribution in [2.24, 2.45) is 5.73 Å². The fourth-order valence-electron chi connectivity index (χ4n) is 4.87. The average molecular weight is 514 g/mol. The van der Waals surface area contributed by atoms with Gasteiger partial charge in [-0.3, -0.25) is 9.59 Å². The molecule has 1 fully saturated rings. The number of aromatic nitrogens is 2. The second-order valence-electron chi connectivity index (χ2n) is 9.39. The van der Waals surface area contributed by atoms with Crippen LogP contribution < -0.4 is 10.6 Å². The summed E-state index contributed by atoms with van der Waals surface area (Å²) >= 11 is 0. The number of hydrogen-bond donors (Lipinski definition) is 1. The Bertz CT molecular complexity index is 1310. The van der Waals surface area contributed by atoms with Crippen molar-refractivity contribution in [3.63, 3.8) is 0 Å². The lowest BCUT2D eigenvalue weighted by molar-refractivity contribution is -0.132. The number of likely N-dealkylation sites (N-methyl/N-ethyl adjacent to an activating group) is 1. The van der Waals surface area contributed by atoms with Gasteiger partial charge in [0, 0.05) is 80.1 Å². The summed E-state index contributed by atoms with van der Waals surface area (Å²) in [6.45, 7) is 3.37. The summed E-state index contributed by atoms with van der Waals surface area (Å²) in [5.74, 6) is -2.62. The molecule has 1 saturated heterocycles. The molecular formula is C25H26F3N7O2. The molecule has 3 heterocycles. The lowest BCUT2D eigenvalue weighted by Crippen LogP contribution is -2.53. The van der Waals surface area contributed by atoms with Crippen molar-refractivity contribution >= 4 is 17.5 Å². The van der Waals surface area contributed by atoms with Crippen molar-refractivity contribution in [2.75, 3.05) is 38.6 Å². The molecule has 2 atom stereocenters. The van der Waals surface area contributed by atoms with E-state index in [0.29, 0.717) is 19.6 Å². The number of halogens is 3. The highest BCUT2D eigenvalue weighted by molar-refractivity contribution is 5.99. The van der Waals surface area contributed by atoms with Crippen molar-refractivity contribution in [2.45, 2.75) is 31.2 Å². The Kier molecular flexibility index (Phi) is 6.92. The van der Waals surface area contributed by atoms with Crippen LogP contribution in [0.2, 0.25) is 0 Å². The van der Waals surface area contributed by atoms with Crippen LogP contribution in [0.3, 0.4) is 0 Å². The monoisotopic (exact) mass is 513 g/mol. The number of anilines is 1. The maximum Gasteiger partial charge on any atom is 0.253 e. The summed E-state index contributed by atoms with van der Waals surface area (Å²) in [6, 6.07) is 4.16. The second-order valence-corrected chi connectivity index (χ2v) is 9.39. The highest BCUT2D eigenvalue weighted by atomic mass is 19.3. The number of nitriles is 1. The fourth-order valence-corrected chi connectivity index (χ4v) is 4.87. The molecule has 0 radical (unpaired) electrons. The van der Waals surface area contributed by atoms with Gasteiger partial charge < -0.3 is 20.4 Å². The number of hydrogen-bond acceptors (Lipinski definition) is 7. The second kappa shape index (κ2) is 9.82. The predicted octanol–water partition coefficient (Wildman–Crippen LogP) is 2.03. The summed E-state index contributed by atoms with van der Waals surface area (Å²) in [5.41, 5.74) is 2.82. The predicted molar refractivity (Wildman–Crippen MR) is 129 cm³/mol. The summed E-state index contributed by atoms with van der Waals surface area (Å²) < 4.78 is 46.0. The van der Waals surface area contributed by atoms with Gasteiger partial charge in [0.1, 0.15) is 11.9 Å². The number of carbonyl (C=O) groups excluding carboxylic acids is 2. The zero-order chi connectivity index (χ0) is 27.1. The normalized spacial score (nSPS) is 22.7. The van der Waals surface area contributed by atoms with Crippen LogP contribution in [-0.4, -0.2) is 77.8 Å². The first-order valence-electron chi connectivity index (χ1n) is 11.6. The topological polar surface area (TPSA) is 119 Å². The van der Waals surface area contributed by atoms with E-state index in [-0.39, 0.29) is 34.2 Å². The molecule has 0 spiro atoms. The van der Waals surface area contributed by atoms with Gasteiger partial charge in [-0.2, -0.15) is 5.26 Å². The maximum absolute atomic E-state index is 15.6. The highest BCUT2D eigenvalue weighted by Crippen LogP contribution is 2.49. The van der Waals surface area contributed by atoms with E-state index in [1.54, 1.807) is 11.0 Å². The number of alkyl halides is 2. The van der Waals surface area contributed by atoms with Gasteiger partial charge in [-0.05, 0) is 31.7 Å². The molecule has 2 N–H and O–H groups in total. The SMILES string of the molecule is C[C@@H]1CN(c2cc(F)c(-c3cnc(C#N)nc3)cc2C2(C(F)F)CC(=O)N(C)C=C2C(N)=O)CCN1C. The van der Waals surface area contributed by atoms with Gasteiger partial charge >= 0.3 is 0 Å². The summed E-state index contributed by atoms with van der Waals surface area (Å²) in [6.07, 6.45) is -0.495. The number of primary amides is 1. The smallest absolute Gasteiger partial charge is 0.253 e. The number of rotatable bonds is 5. The third-order valence-corrected chi connectivity index (χ3v) is 7.19. The van der Waals surface area contributed by atoms with E-state index >= 15 is 13.2 Å². The van der Waals surface area contributed by atoms with Crippen molar-refractivity contribution in [1.29, 1.82) is 5.26 Å². The van der Waals surface area contributed by atoms with Crippen LogP contribution in [0, 0.1) is 17.1 Å². The summed E-state index contributed by atoms with van der Waals surface area (Å²) in [5, 5.41) is 8.98. The molecular weight excluding hydrogens is 487 g/mol. The maximum atomic E-state index is 15.6. The van der Waals surface area contributed by atoms with Crippen LogP contribution >= 0.6 is 0 Å². The molecule has 1 unspecified atom stereocenters. The largest absolute Gasteiger partial charge is 0.368 e. The van der Waals surface area contributed by atoms with Crippen LogP contribution in [0.5, 0.6) is 0 Å². The van der Waals surface area contributed by atoms with Crippen molar-refractivity contribution in [1.82, 2.24) is 19.8 Å². The van der Waals surface area contributed by atoms with Gasteiger partial charge in [0.05, 0.1) is 5.41 Å². The Balaban J connectivity index is 2.02. The first-order chi connectivity index (χ1) is 17.5.